The number of thiophene rings is 1. The molecule has 0 aliphatic heterocycles. The molecule has 0 radical (unpaired) electrons. The van der Waals surface area contributed by atoms with E-state index in [1.165, 1.54) is 0 Å². The van der Waals surface area contributed by atoms with E-state index in [9.17, 15) is 0 Å². The molecule has 4 heteroatoms. The fourth-order valence-corrected chi connectivity index (χ4v) is 3.14. The summed E-state index contributed by atoms with van der Waals surface area (Å²) in [5, 5.41) is 2.05. The second kappa shape index (κ2) is 5.71. The largest absolute Gasteiger partial charge is 0.543 e. The van der Waals surface area contributed by atoms with Gasteiger partial charge in [0.05, 0.1) is 0 Å². The second-order valence-electron chi connectivity index (χ2n) is 5.41. The first kappa shape index (κ1) is 14.0. The molecule has 0 unspecified atom stereocenters. The molecule has 0 aliphatic carbocycles. The molecule has 19 heavy (non-hydrogen) atoms. The third kappa shape index (κ3) is 4.04. The van der Waals surface area contributed by atoms with E-state index in [1.807, 2.05) is 24.4 Å². The van der Waals surface area contributed by atoms with Crippen LogP contribution in [0.5, 0.6) is 5.75 Å². The average molecular weight is 289 g/mol. The molecular weight excluding hydrogens is 270 g/mol. The van der Waals surface area contributed by atoms with E-state index < -0.39 is 8.32 Å². The van der Waals surface area contributed by atoms with Gasteiger partial charge in [-0.1, -0.05) is 18.2 Å². The molecule has 1 aromatic carbocycles. The molecule has 100 valence electrons. The Morgan fingerprint density at radius 3 is 2.58 bits per heavy atom. The Bertz CT molecular complexity index is 570. The molecule has 0 fully saturated rings. The van der Waals surface area contributed by atoms with E-state index in [2.05, 4.69) is 49.1 Å². The summed E-state index contributed by atoms with van der Waals surface area (Å²) < 4.78 is 6.16. The van der Waals surface area contributed by atoms with Crippen LogP contribution in [0.4, 0.5) is 5.69 Å². The molecule has 2 aromatic rings. The quantitative estimate of drug-likeness (QED) is 0.572. The van der Waals surface area contributed by atoms with Gasteiger partial charge in [0, 0.05) is 11.1 Å². The molecule has 0 aliphatic rings. The van der Waals surface area contributed by atoms with Crippen LogP contribution in [0.25, 0.3) is 0 Å². The van der Waals surface area contributed by atoms with Gasteiger partial charge in [0.15, 0.2) is 0 Å². The highest BCUT2D eigenvalue weighted by Gasteiger charge is 2.19. The molecule has 0 saturated heterocycles. The van der Waals surface area contributed by atoms with E-state index >= 15 is 0 Å². The van der Waals surface area contributed by atoms with Crippen LogP contribution in [-0.2, 0) is 0 Å². The van der Waals surface area contributed by atoms with Gasteiger partial charge in [0.25, 0.3) is 0 Å². The smallest absolute Gasteiger partial charge is 0.242 e. The zero-order chi connectivity index (χ0) is 13.9. The lowest BCUT2D eigenvalue weighted by Crippen LogP contribution is -2.29. The van der Waals surface area contributed by atoms with Gasteiger partial charge in [-0.05, 0) is 49.6 Å². The summed E-state index contributed by atoms with van der Waals surface area (Å²) in [4.78, 5) is 5.73. The highest BCUT2D eigenvalue weighted by atomic mass is 32.1. The molecule has 0 saturated carbocycles. The normalized spacial score (nSPS) is 12.0. The molecule has 1 aromatic heterocycles. The van der Waals surface area contributed by atoms with Crippen LogP contribution in [0, 0.1) is 6.92 Å². The zero-order valence-corrected chi connectivity index (χ0v) is 13.6. The number of aliphatic imine (C=N–C) groups is 1. The third-order valence-electron chi connectivity index (χ3n) is 2.47. The monoisotopic (exact) mass is 289 g/mol. The van der Waals surface area contributed by atoms with Gasteiger partial charge in [-0.3, -0.25) is 4.99 Å². The van der Waals surface area contributed by atoms with Crippen LogP contribution in [0.15, 0.2) is 40.7 Å². The van der Waals surface area contributed by atoms with Crippen molar-refractivity contribution in [3.8, 4) is 5.75 Å². The van der Waals surface area contributed by atoms with Gasteiger partial charge in [0.2, 0.25) is 8.32 Å². The standard InChI is InChI=1S/C15H19NOSSi/c1-12-7-5-9-14(15(12)17-19(2,3)4)16-11-13-8-6-10-18-13/h5-11H,1-4H3/b16-11+. The lowest BCUT2D eigenvalue weighted by atomic mass is 10.2. The summed E-state index contributed by atoms with van der Waals surface area (Å²) in [6, 6.07) is 10.2. The van der Waals surface area contributed by atoms with Gasteiger partial charge in [-0.2, -0.15) is 0 Å². The van der Waals surface area contributed by atoms with Crippen LogP contribution < -0.4 is 4.43 Å². The third-order valence-corrected chi connectivity index (χ3v) is 4.10. The molecule has 1 heterocycles. The van der Waals surface area contributed by atoms with Crippen molar-refractivity contribution in [2.24, 2.45) is 4.99 Å². The summed E-state index contributed by atoms with van der Waals surface area (Å²) in [7, 11) is -1.63. The fourth-order valence-electron chi connectivity index (χ4n) is 1.68. The minimum atomic E-state index is -1.63. The molecule has 0 atom stereocenters. The molecule has 2 nitrogen and oxygen atoms in total. The predicted octanol–water partition coefficient (Wildman–Crippen LogP) is 5.02. The molecule has 0 spiro atoms. The molecule has 2 rings (SSSR count). The van der Waals surface area contributed by atoms with Gasteiger partial charge >= 0.3 is 0 Å². The van der Waals surface area contributed by atoms with E-state index in [0.717, 1.165) is 21.9 Å². The summed E-state index contributed by atoms with van der Waals surface area (Å²) in [5.74, 6) is 0.925. The molecule has 0 amide bonds. The Balaban J connectivity index is 2.32. The van der Waals surface area contributed by atoms with Crippen LogP contribution in [0.1, 0.15) is 10.4 Å². The van der Waals surface area contributed by atoms with E-state index in [0.29, 0.717) is 0 Å². The molecular formula is C15H19NOSSi. The molecule has 0 bridgehead atoms. The maximum absolute atomic E-state index is 6.16. The number of hydrogen-bond acceptors (Lipinski definition) is 3. The minimum Gasteiger partial charge on any atom is -0.543 e. The van der Waals surface area contributed by atoms with Crippen molar-refractivity contribution in [3.63, 3.8) is 0 Å². The van der Waals surface area contributed by atoms with E-state index in [1.54, 1.807) is 11.3 Å². The Labute approximate surface area is 119 Å². The number of rotatable bonds is 4. The lowest BCUT2D eigenvalue weighted by molar-refractivity contribution is 0.554. The average Bonchev–Trinajstić information content (AvgIpc) is 2.81. The van der Waals surface area contributed by atoms with E-state index in [4.69, 9.17) is 4.43 Å². The first-order chi connectivity index (χ1) is 8.96. The maximum Gasteiger partial charge on any atom is 0.242 e. The van der Waals surface area contributed by atoms with Gasteiger partial charge < -0.3 is 4.43 Å². The Kier molecular flexibility index (Phi) is 4.22. The highest BCUT2D eigenvalue weighted by Crippen LogP contribution is 2.33. The predicted molar refractivity (Wildman–Crippen MR) is 86.7 cm³/mol. The summed E-state index contributed by atoms with van der Waals surface area (Å²) in [6.45, 7) is 8.63. The van der Waals surface area contributed by atoms with Gasteiger partial charge in [-0.15, -0.1) is 11.3 Å². The van der Waals surface area contributed by atoms with Crippen molar-refractivity contribution in [2.75, 3.05) is 0 Å². The fraction of sp³-hybridized carbons (Fsp3) is 0.267. The van der Waals surface area contributed by atoms with Crippen molar-refractivity contribution in [2.45, 2.75) is 26.6 Å². The van der Waals surface area contributed by atoms with Gasteiger partial charge in [-0.25, -0.2) is 0 Å². The number of aryl methyl sites for hydroxylation is 1. The number of hydrogen-bond donors (Lipinski definition) is 0. The number of para-hydroxylation sites is 1. The maximum atomic E-state index is 6.16. The summed E-state index contributed by atoms with van der Waals surface area (Å²) >= 11 is 1.68. The summed E-state index contributed by atoms with van der Waals surface area (Å²) in [5.41, 5.74) is 2.05. The first-order valence-corrected chi connectivity index (χ1v) is 10.6. The lowest BCUT2D eigenvalue weighted by Gasteiger charge is -2.22. The number of nitrogens with zero attached hydrogens (tertiary/aromatic N) is 1. The molecule has 0 N–H and O–H groups in total. The Morgan fingerprint density at radius 2 is 1.95 bits per heavy atom. The van der Waals surface area contributed by atoms with E-state index in [-0.39, 0.29) is 0 Å². The minimum absolute atomic E-state index is 0.913. The zero-order valence-electron chi connectivity index (χ0n) is 11.8. The first-order valence-electron chi connectivity index (χ1n) is 6.32. The highest BCUT2D eigenvalue weighted by molar-refractivity contribution is 7.11. The summed E-state index contributed by atoms with van der Waals surface area (Å²) in [6.07, 6.45) is 1.90. The Morgan fingerprint density at radius 1 is 1.16 bits per heavy atom. The van der Waals surface area contributed by atoms with Crippen LogP contribution in [0.3, 0.4) is 0 Å². The van der Waals surface area contributed by atoms with Crippen LogP contribution >= 0.6 is 11.3 Å². The van der Waals surface area contributed by atoms with Gasteiger partial charge in [0.1, 0.15) is 11.4 Å². The van der Waals surface area contributed by atoms with Crippen molar-refractivity contribution in [3.05, 3.63) is 46.2 Å². The van der Waals surface area contributed by atoms with Crippen molar-refractivity contribution in [1.82, 2.24) is 0 Å². The van der Waals surface area contributed by atoms with Crippen molar-refractivity contribution in [1.29, 1.82) is 0 Å². The SMILES string of the molecule is Cc1cccc(/N=C/c2cccs2)c1O[Si](C)(C)C. The van der Waals surface area contributed by atoms with Crippen LogP contribution in [0.2, 0.25) is 19.6 Å². The second-order valence-corrected chi connectivity index (χ2v) is 10.8. The van der Waals surface area contributed by atoms with Crippen LogP contribution in [-0.4, -0.2) is 14.5 Å². The Hall–Kier alpha value is -1.39. The van der Waals surface area contributed by atoms with Crippen molar-refractivity contribution >= 4 is 31.6 Å². The number of benzene rings is 1. The topological polar surface area (TPSA) is 21.6 Å². The van der Waals surface area contributed by atoms with Crippen molar-refractivity contribution < 1.29 is 4.43 Å².